The number of hydrogen-bond acceptors (Lipinski definition) is 17. The Kier molecular flexibility index (Phi) is 32.8. The van der Waals surface area contributed by atoms with E-state index in [-0.39, 0.29) is 17.7 Å². The number of imidazole rings is 2. The lowest BCUT2D eigenvalue weighted by molar-refractivity contribution is -0.137. The molecule has 0 saturated carbocycles. The topological polar surface area (TPSA) is 261 Å². The van der Waals surface area contributed by atoms with Crippen LogP contribution in [0.3, 0.4) is 0 Å². The van der Waals surface area contributed by atoms with Gasteiger partial charge in [-0.25, -0.2) is 29.9 Å². The third-order valence-electron chi connectivity index (χ3n) is 9.79. The van der Waals surface area contributed by atoms with E-state index >= 15 is 0 Å². The zero-order valence-corrected chi connectivity index (χ0v) is 52.3. The van der Waals surface area contributed by atoms with Crippen LogP contribution in [0.5, 0.6) is 0 Å². The third kappa shape index (κ3) is 34.1. The first kappa shape index (κ1) is 69.5. The van der Waals surface area contributed by atoms with E-state index in [1.165, 1.54) is 44.2 Å². The van der Waals surface area contributed by atoms with Gasteiger partial charge in [0.2, 0.25) is 11.8 Å². The Morgan fingerprint density at radius 1 is 0.734 bits per heavy atom. The van der Waals surface area contributed by atoms with E-state index in [0.29, 0.717) is 11.8 Å². The van der Waals surface area contributed by atoms with Crippen LogP contribution >= 0.6 is 23.1 Å². The highest BCUT2D eigenvalue weighted by atomic mass is 32.2. The summed E-state index contributed by atoms with van der Waals surface area (Å²) in [5.74, 6) is 4.79. The van der Waals surface area contributed by atoms with Crippen LogP contribution in [-0.4, -0.2) is 104 Å². The third-order valence-corrected chi connectivity index (χ3v) is 11.7. The molecule has 8 aromatic heterocycles. The number of nitrogens with zero attached hydrogens (tertiary/aromatic N) is 13. The SMILES string of the molecule is CC1=CN=C(C)C1.CC1=CNC(C)S1.CC1CC(=O)N(C)C1=O.Cc1c[nH]c(C)c1.Cc1cn(C)cn1.Cc1cnc(C)[nH]1.Cc1cnc(C)o1.Cc1cnn(C)n1.Cc1coc(C)n1.Cc1csc(C)n1.Cc1n[nH]c(C)n1. The molecule has 0 bridgehead atoms. The van der Waals surface area contributed by atoms with E-state index in [9.17, 15) is 9.59 Å². The maximum absolute atomic E-state index is 10.8. The van der Waals surface area contributed by atoms with E-state index in [0.717, 1.165) is 74.9 Å². The van der Waals surface area contributed by atoms with Crippen molar-refractivity contribution in [1.82, 2.24) is 79.8 Å². The monoisotopic (exact) mass is 1130 g/mol. The number of rotatable bonds is 0. The fourth-order valence-corrected chi connectivity index (χ4v) is 7.71. The van der Waals surface area contributed by atoms with Gasteiger partial charge >= 0.3 is 0 Å². The predicted molar refractivity (Wildman–Crippen MR) is 318 cm³/mol. The Bertz CT molecular complexity index is 2440. The Labute approximate surface area is 476 Å². The average Bonchev–Trinajstić information content (AvgIpc) is 4.24. The normalized spacial score (nSPS) is 14.2. The second-order valence-corrected chi connectivity index (χ2v) is 21.4. The van der Waals surface area contributed by atoms with Crippen LogP contribution in [-0.2, 0) is 23.7 Å². The highest BCUT2D eigenvalue weighted by molar-refractivity contribution is 8.03. The summed E-state index contributed by atoms with van der Waals surface area (Å²) < 4.78 is 11.8. The lowest BCUT2D eigenvalue weighted by atomic mass is 10.1. The number of thiazole rings is 1. The number of amides is 2. The van der Waals surface area contributed by atoms with Crippen LogP contribution in [0.25, 0.3) is 0 Å². The summed E-state index contributed by atoms with van der Waals surface area (Å²) in [6.45, 7) is 37.3. The number of oxazole rings is 2. The lowest BCUT2D eigenvalue weighted by Gasteiger charge is -2.03. The van der Waals surface area contributed by atoms with Crippen molar-refractivity contribution in [3.63, 3.8) is 0 Å². The maximum Gasteiger partial charge on any atom is 0.232 e. The summed E-state index contributed by atoms with van der Waals surface area (Å²) in [6, 6.07) is 2.11. The summed E-state index contributed by atoms with van der Waals surface area (Å²) in [7, 11) is 5.28. The van der Waals surface area contributed by atoms with Gasteiger partial charge in [-0.05, 0) is 133 Å². The first-order valence-corrected chi connectivity index (χ1v) is 27.3. The Morgan fingerprint density at radius 2 is 1.43 bits per heavy atom. The van der Waals surface area contributed by atoms with Crippen LogP contribution < -0.4 is 5.32 Å². The lowest BCUT2D eigenvalue weighted by Crippen LogP contribution is -2.24. The molecule has 3 aliphatic heterocycles. The Hall–Kier alpha value is -7.53. The van der Waals surface area contributed by atoms with Crippen LogP contribution in [0, 0.1) is 103 Å². The molecule has 2 amide bonds. The van der Waals surface area contributed by atoms with Crippen molar-refractivity contribution >= 4 is 40.6 Å². The molecule has 23 heteroatoms. The largest absolute Gasteiger partial charge is 0.449 e. The van der Waals surface area contributed by atoms with Crippen molar-refractivity contribution in [1.29, 1.82) is 0 Å². The Balaban J connectivity index is 0.000000435. The Morgan fingerprint density at radius 3 is 1.57 bits per heavy atom. The number of likely N-dealkylation sites (tertiary alicyclic amines) is 1. The molecule has 2 unspecified atom stereocenters. The minimum absolute atomic E-state index is 0.0556. The molecule has 432 valence electrons. The minimum atomic E-state index is -0.0949. The van der Waals surface area contributed by atoms with Gasteiger partial charge in [0.25, 0.3) is 0 Å². The number of allylic oxidation sites excluding steroid dienone is 2. The molecule has 2 atom stereocenters. The van der Waals surface area contributed by atoms with Crippen molar-refractivity contribution in [2.75, 3.05) is 7.05 Å². The molecule has 79 heavy (non-hydrogen) atoms. The van der Waals surface area contributed by atoms with E-state index in [1.807, 2.05) is 145 Å². The van der Waals surface area contributed by atoms with Gasteiger partial charge in [-0.2, -0.15) is 20.1 Å². The van der Waals surface area contributed by atoms with Gasteiger partial charge in [0, 0.05) is 113 Å². The van der Waals surface area contributed by atoms with Crippen molar-refractivity contribution in [2.45, 2.75) is 150 Å². The number of aliphatic imine (C=N–C) groups is 1. The molecule has 1 saturated heterocycles. The van der Waals surface area contributed by atoms with Crippen LogP contribution in [0.2, 0.25) is 0 Å². The van der Waals surface area contributed by atoms with Gasteiger partial charge in [-0.1, -0.05) is 6.92 Å². The van der Waals surface area contributed by atoms with E-state index in [1.54, 1.807) is 50.3 Å². The predicted octanol–water partition coefficient (Wildman–Crippen LogP) is 11.6. The number of aryl methyl sites for hydroxylation is 16. The van der Waals surface area contributed by atoms with E-state index < -0.39 is 0 Å². The number of nitrogens with one attached hydrogen (secondary N) is 4. The molecule has 0 aromatic carbocycles. The minimum Gasteiger partial charge on any atom is -0.449 e. The molecule has 0 radical (unpaired) electrons. The van der Waals surface area contributed by atoms with Gasteiger partial charge < -0.3 is 28.7 Å². The van der Waals surface area contributed by atoms with Crippen LogP contribution in [0.1, 0.15) is 127 Å². The van der Waals surface area contributed by atoms with Crippen LogP contribution in [0.15, 0.2) is 91.7 Å². The second-order valence-electron chi connectivity index (χ2n) is 18.7. The quantitative estimate of drug-likeness (QED) is 0.103. The summed E-state index contributed by atoms with van der Waals surface area (Å²) in [6.07, 6.45) is 18.1. The summed E-state index contributed by atoms with van der Waals surface area (Å²) in [4.78, 5) is 59.6. The summed E-state index contributed by atoms with van der Waals surface area (Å²) in [5.41, 5.74) is 10.4. The fraction of sp³-hybridized carbons (Fsp3) is 0.464. The number of carbonyl (C=O) groups excluding carboxylic acids is 2. The van der Waals surface area contributed by atoms with Gasteiger partial charge in [-0.15, -0.1) is 23.1 Å². The molecule has 8 aromatic rings. The molecule has 1 fully saturated rings. The molecular formula is C56H87N17O4S2. The number of aromatic amines is 3. The highest BCUT2D eigenvalue weighted by Crippen LogP contribution is 2.23. The number of H-pyrrole nitrogens is 3. The van der Waals surface area contributed by atoms with Crippen molar-refractivity contribution in [2.24, 2.45) is 25.0 Å². The van der Waals surface area contributed by atoms with Crippen LogP contribution in [0.4, 0.5) is 0 Å². The molecule has 21 nitrogen and oxygen atoms in total. The van der Waals surface area contributed by atoms with Crippen molar-refractivity contribution in [3.05, 3.63) is 158 Å². The standard InChI is InChI=1S/C6H9NO2.2C6H9N.2C5H8N2.2C5H7NO.C5H7NS.C5H9NS.2C4H7N3/c1-4-3-5(8)7(2)6(4)9;2*1-5-3-6(2)7-4-5;1-5-3-7(2)4-6-5;1-4-3-6-5(2)7-4;1-4-3-7-5(2)6-4;1-4-3-6-5(2)7-4;1-4-3-7-5(2)6-4;1-4-3-6-5(2)7-4;1-4-3-5-7(2)6-4;1-3-5-4(2)7-6-3/h4H,3H2,1-2H3;4H,3H2,1-2H3;3-4,7H,1-2H3;3-4H,1-2H3;3H,1-2H3,(H,6,7);3*3H,1-2H3;3,5-6H,1-2H3;3H,1-2H3;1-2H3,(H,5,6,7). The van der Waals surface area contributed by atoms with Gasteiger partial charge in [-0.3, -0.25) is 24.6 Å². The first-order valence-electron chi connectivity index (χ1n) is 25.5. The van der Waals surface area contributed by atoms with Gasteiger partial charge in [0.05, 0.1) is 46.2 Å². The number of imide groups is 1. The molecule has 0 spiro atoms. The molecule has 3 aliphatic rings. The van der Waals surface area contributed by atoms with E-state index in [4.69, 9.17) is 8.83 Å². The average molecular weight is 1130 g/mol. The number of hydrogen-bond donors (Lipinski definition) is 4. The zero-order chi connectivity index (χ0) is 59.8. The fourth-order valence-electron chi connectivity index (χ4n) is 6.29. The summed E-state index contributed by atoms with van der Waals surface area (Å²) in [5, 5.41) is 21.2. The zero-order valence-electron chi connectivity index (χ0n) is 50.7. The maximum atomic E-state index is 10.8. The first-order chi connectivity index (χ1) is 37.0. The molecular weight excluding hydrogens is 1040 g/mol. The second kappa shape index (κ2) is 37.3. The van der Waals surface area contributed by atoms with Crippen molar-refractivity contribution < 1.29 is 18.4 Å². The molecule has 0 aliphatic carbocycles. The summed E-state index contributed by atoms with van der Waals surface area (Å²) >= 11 is 3.56. The van der Waals surface area contributed by atoms with Gasteiger partial charge in [0.15, 0.2) is 11.8 Å². The van der Waals surface area contributed by atoms with Gasteiger partial charge in [0.1, 0.15) is 29.5 Å². The molecule has 11 heterocycles. The molecule has 4 N–H and O–H groups in total. The van der Waals surface area contributed by atoms with Crippen molar-refractivity contribution in [3.8, 4) is 0 Å². The molecule has 11 rings (SSSR count). The number of thioether (sulfide) groups is 1. The highest BCUT2D eigenvalue weighted by Gasteiger charge is 2.32. The van der Waals surface area contributed by atoms with E-state index in [2.05, 4.69) is 116 Å². The number of carbonyl (C=O) groups is 2. The number of aromatic nitrogens is 14. The smallest absolute Gasteiger partial charge is 0.232 e.